The first-order chi connectivity index (χ1) is 27.2. The summed E-state index contributed by atoms with van der Waals surface area (Å²) in [6.07, 6.45) is 0. The summed E-state index contributed by atoms with van der Waals surface area (Å²) in [7, 11) is 0. The zero-order chi connectivity index (χ0) is 36.3. The van der Waals surface area contributed by atoms with E-state index in [-0.39, 0.29) is 0 Å². The maximum Gasteiger partial charge on any atom is 0.0467 e. The predicted octanol–water partition coefficient (Wildman–Crippen LogP) is 16.0. The fraction of sp³-hybridized carbons (Fsp3) is 0. The standard InChI is InChI=1S/C52H33NS2/c1-2-10-34(11-3-1)35-22-26-41(27-23-35)53(43-13-8-12-39(31-43)44-16-9-19-50-52(44)46-15-5-7-18-49(46)54-50)42-28-24-36(25-29-42)37-20-21-38-32-47-45-14-4-6-17-48(45)55-51(47)33-40(38)30-37/h1-33H. The van der Waals surface area contributed by atoms with Gasteiger partial charge in [0.15, 0.2) is 0 Å². The van der Waals surface area contributed by atoms with Crippen molar-refractivity contribution in [3.63, 3.8) is 0 Å². The summed E-state index contributed by atoms with van der Waals surface area (Å²) in [5.74, 6) is 0. The second kappa shape index (κ2) is 13.1. The van der Waals surface area contributed by atoms with E-state index in [4.69, 9.17) is 0 Å². The number of fused-ring (bicyclic) bond motifs is 7. The number of hydrogen-bond acceptors (Lipinski definition) is 3. The molecule has 1 nitrogen and oxygen atoms in total. The van der Waals surface area contributed by atoms with E-state index < -0.39 is 0 Å². The minimum absolute atomic E-state index is 1.11. The van der Waals surface area contributed by atoms with Crippen molar-refractivity contribution in [2.24, 2.45) is 0 Å². The molecule has 2 heterocycles. The Hall–Kier alpha value is -6.52. The minimum Gasteiger partial charge on any atom is -0.310 e. The molecule has 0 fully saturated rings. The first kappa shape index (κ1) is 32.0. The molecule has 0 aliphatic carbocycles. The van der Waals surface area contributed by atoms with Crippen LogP contribution in [0.5, 0.6) is 0 Å². The van der Waals surface area contributed by atoms with Crippen LogP contribution in [-0.4, -0.2) is 0 Å². The number of nitrogens with zero attached hydrogens (tertiary/aromatic N) is 1. The van der Waals surface area contributed by atoms with Gasteiger partial charge in [-0.2, -0.15) is 0 Å². The highest BCUT2D eigenvalue weighted by Crippen LogP contribution is 2.43. The van der Waals surface area contributed by atoms with E-state index in [1.54, 1.807) is 0 Å². The van der Waals surface area contributed by atoms with Gasteiger partial charge >= 0.3 is 0 Å². The molecule has 11 aromatic rings. The van der Waals surface area contributed by atoms with Crippen LogP contribution < -0.4 is 4.90 Å². The van der Waals surface area contributed by atoms with Crippen LogP contribution in [0.15, 0.2) is 200 Å². The normalized spacial score (nSPS) is 11.6. The molecule has 9 aromatic carbocycles. The molecule has 3 heteroatoms. The molecule has 0 bridgehead atoms. The van der Waals surface area contributed by atoms with E-state index in [1.165, 1.54) is 84.5 Å². The average molecular weight is 736 g/mol. The van der Waals surface area contributed by atoms with E-state index in [2.05, 4.69) is 205 Å². The molecule has 0 atom stereocenters. The van der Waals surface area contributed by atoms with Gasteiger partial charge in [0, 0.05) is 57.4 Å². The molecule has 0 unspecified atom stereocenters. The second-order valence-corrected chi connectivity index (χ2v) is 16.3. The summed E-state index contributed by atoms with van der Waals surface area (Å²) in [6, 6.07) is 73.4. The van der Waals surface area contributed by atoms with E-state index in [1.807, 2.05) is 22.7 Å². The molecule has 2 aromatic heterocycles. The van der Waals surface area contributed by atoms with Crippen LogP contribution in [0.25, 0.3) is 84.5 Å². The average Bonchev–Trinajstić information content (AvgIpc) is 3.82. The van der Waals surface area contributed by atoms with Crippen molar-refractivity contribution < 1.29 is 0 Å². The third-order valence-electron chi connectivity index (χ3n) is 10.8. The Morgan fingerprint density at radius 2 is 0.873 bits per heavy atom. The van der Waals surface area contributed by atoms with Crippen molar-refractivity contribution in [3.05, 3.63) is 200 Å². The smallest absolute Gasteiger partial charge is 0.0467 e. The maximum absolute atomic E-state index is 2.38. The lowest BCUT2D eigenvalue weighted by atomic mass is 9.98. The third-order valence-corrected chi connectivity index (χ3v) is 13.1. The molecule has 0 aliphatic rings. The zero-order valence-electron chi connectivity index (χ0n) is 29.8. The van der Waals surface area contributed by atoms with Gasteiger partial charge < -0.3 is 4.90 Å². The lowest BCUT2D eigenvalue weighted by Crippen LogP contribution is -2.10. The molecule has 0 aliphatic heterocycles. The Labute approximate surface area is 327 Å². The zero-order valence-corrected chi connectivity index (χ0v) is 31.4. The summed E-state index contributed by atoms with van der Waals surface area (Å²) in [6.45, 7) is 0. The Bertz CT molecular complexity index is 3190. The minimum atomic E-state index is 1.11. The SMILES string of the molecule is c1ccc(-c2ccc(N(c3ccc(-c4ccc5cc6c(cc5c4)sc4ccccc46)cc3)c3cccc(-c4cccc5sc6ccccc6c45)c3)cc2)cc1. The fourth-order valence-corrected chi connectivity index (χ4v) is 10.4. The molecular weight excluding hydrogens is 703 g/mol. The van der Waals surface area contributed by atoms with Gasteiger partial charge in [-0.15, -0.1) is 22.7 Å². The molecular formula is C52H33NS2. The van der Waals surface area contributed by atoms with Crippen molar-refractivity contribution in [1.82, 2.24) is 0 Å². The van der Waals surface area contributed by atoms with E-state index in [0.29, 0.717) is 0 Å². The van der Waals surface area contributed by atoms with E-state index >= 15 is 0 Å². The Morgan fingerprint density at radius 3 is 1.65 bits per heavy atom. The van der Waals surface area contributed by atoms with Crippen molar-refractivity contribution in [1.29, 1.82) is 0 Å². The highest BCUT2D eigenvalue weighted by molar-refractivity contribution is 7.26. The summed E-state index contributed by atoms with van der Waals surface area (Å²) < 4.78 is 5.31. The van der Waals surface area contributed by atoms with Gasteiger partial charge in [-0.1, -0.05) is 127 Å². The quantitative estimate of drug-likeness (QED) is 0.164. The molecule has 0 spiro atoms. The largest absolute Gasteiger partial charge is 0.310 e. The van der Waals surface area contributed by atoms with Crippen LogP contribution in [0.2, 0.25) is 0 Å². The van der Waals surface area contributed by atoms with Gasteiger partial charge in [0.2, 0.25) is 0 Å². The van der Waals surface area contributed by atoms with Crippen LogP contribution in [0.3, 0.4) is 0 Å². The lowest BCUT2D eigenvalue weighted by molar-refractivity contribution is 1.28. The molecule has 258 valence electrons. The number of rotatable bonds is 6. The van der Waals surface area contributed by atoms with Gasteiger partial charge in [0.25, 0.3) is 0 Å². The topological polar surface area (TPSA) is 3.24 Å². The fourth-order valence-electron chi connectivity index (χ4n) is 8.16. The van der Waals surface area contributed by atoms with Gasteiger partial charge in [-0.3, -0.25) is 0 Å². The van der Waals surface area contributed by atoms with Crippen molar-refractivity contribution in [2.45, 2.75) is 0 Å². The molecule has 0 N–H and O–H groups in total. The summed E-state index contributed by atoms with van der Waals surface area (Å²) >= 11 is 3.74. The first-order valence-corrected chi connectivity index (χ1v) is 20.3. The lowest BCUT2D eigenvalue weighted by Gasteiger charge is -2.26. The Morgan fingerprint density at radius 1 is 0.291 bits per heavy atom. The molecule has 11 rings (SSSR count). The predicted molar refractivity (Wildman–Crippen MR) is 241 cm³/mol. The molecule has 0 amide bonds. The highest BCUT2D eigenvalue weighted by atomic mass is 32.1. The number of thiophene rings is 2. The molecule has 0 saturated heterocycles. The van der Waals surface area contributed by atoms with Gasteiger partial charge in [0.05, 0.1) is 0 Å². The van der Waals surface area contributed by atoms with E-state index in [9.17, 15) is 0 Å². The Kier molecular flexibility index (Phi) is 7.61. The number of benzene rings is 9. The van der Waals surface area contributed by atoms with Crippen LogP contribution >= 0.6 is 22.7 Å². The van der Waals surface area contributed by atoms with Crippen LogP contribution in [0.4, 0.5) is 17.1 Å². The highest BCUT2D eigenvalue weighted by Gasteiger charge is 2.17. The van der Waals surface area contributed by atoms with Crippen molar-refractivity contribution in [2.75, 3.05) is 4.90 Å². The third kappa shape index (κ3) is 5.60. The van der Waals surface area contributed by atoms with Gasteiger partial charge in [-0.25, -0.2) is 0 Å². The first-order valence-electron chi connectivity index (χ1n) is 18.7. The Balaban J connectivity index is 1.00. The van der Waals surface area contributed by atoms with Gasteiger partial charge in [0.1, 0.15) is 0 Å². The van der Waals surface area contributed by atoms with Crippen LogP contribution in [0, 0.1) is 0 Å². The van der Waals surface area contributed by atoms with Crippen molar-refractivity contribution >= 4 is 90.9 Å². The summed E-state index contributed by atoms with van der Waals surface area (Å²) in [4.78, 5) is 2.38. The van der Waals surface area contributed by atoms with Gasteiger partial charge in [-0.05, 0) is 117 Å². The monoisotopic (exact) mass is 735 g/mol. The second-order valence-electron chi connectivity index (χ2n) is 14.1. The number of hydrogen-bond donors (Lipinski definition) is 0. The van der Waals surface area contributed by atoms with E-state index in [0.717, 1.165) is 17.1 Å². The molecule has 0 saturated carbocycles. The molecule has 0 radical (unpaired) electrons. The number of anilines is 3. The van der Waals surface area contributed by atoms with Crippen molar-refractivity contribution in [3.8, 4) is 33.4 Å². The van der Waals surface area contributed by atoms with Crippen LogP contribution in [0.1, 0.15) is 0 Å². The maximum atomic E-state index is 2.38. The summed E-state index contributed by atoms with van der Waals surface area (Å²) in [5, 5.41) is 7.86. The van der Waals surface area contributed by atoms with Crippen LogP contribution in [-0.2, 0) is 0 Å². The molecule has 55 heavy (non-hydrogen) atoms. The summed E-state index contributed by atoms with van der Waals surface area (Å²) in [5.41, 5.74) is 10.6.